The van der Waals surface area contributed by atoms with Crippen LogP contribution < -0.4 is 5.32 Å². The second-order valence-electron chi connectivity index (χ2n) is 5.18. The molecule has 2 rings (SSSR count). The van der Waals surface area contributed by atoms with Gasteiger partial charge in [-0.15, -0.1) is 0 Å². The first kappa shape index (κ1) is 12.8. The fourth-order valence-corrected chi connectivity index (χ4v) is 2.67. The Kier molecular flexibility index (Phi) is 4.80. The molecular formula is C13H24N2O2. The van der Waals surface area contributed by atoms with Crippen molar-refractivity contribution < 1.29 is 9.53 Å². The Morgan fingerprint density at radius 1 is 1.29 bits per heavy atom. The molecule has 17 heavy (non-hydrogen) atoms. The van der Waals surface area contributed by atoms with Crippen LogP contribution in [0.1, 0.15) is 39.0 Å². The lowest BCUT2D eigenvalue weighted by Gasteiger charge is -2.33. The fraction of sp³-hybridized carbons (Fsp3) is 0.923. The monoisotopic (exact) mass is 240 g/mol. The zero-order chi connectivity index (χ0) is 12.1. The molecule has 2 aliphatic rings. The van der Waals surface area contributed by atoms with E-state index in [0.717, 1.165) is 39.1 Å². The van der Waals surface area contributed by atoms with Crippen LogP contribution in [0.15, 0.2) is 0 Å². The number of nitrogens with one attached hydrogen (secondary N) is 1. The van der Waals surface area contributed by atoms with Gasteiger partial charge in [-0.1, -0.05) is 0 Å². The number of amides is 1. The maximum atomic E-state index is 11.2. The number of piperidine rings is 1. The lowest BCUT2D eigenvalue weighted by atomic mass is 10.0. The molecule has 0 saturated carbocycles. The first-order valence-corrected chi connectivity index (χ1v) is 6.86. The van der Waals surface area contributed by atoms with Crippen molar-refractivity contribution >= 4 is 5.91 Å². The summed E-state index contributed by atoms with van der Waals surface area (Å²) in [7, 11) is 0. The molecule has 0 aliphatic carbocycles. The molecule has 0 aromatic heterocycles. The number of carbonyl (C=O) groups excluding carboxylic acids is 1. The van der Waals surface area contributed by atoms with Gasteiger partial charge in [-0.25, -0.2) is 0 Å². The van der Waals surface area contributed by atoms with Gasteiger partial charge in [0.05, 0.1) is 6.10 Å². The van der Waals surface area contributed by atoms with Gasteiger partial charge in [0.2, 0.25) is 5.91 Å². The predicted molar refractivity (Wildman–Crippen MR) is 66.9 cm³/mol. The Hall–Kier alpha value is -0.610. The third-order valence-corrected chi connectivity index (χ3v) is 3.85. The van der Waals surface area contributed by atoms with Crippen LogP contribution >= 0.6 is 0 Å². The zero-order valence-corrected chi connectivity index (χ0v) is 10.8. The summed E-state index contributed by atoms with van der Waals surface area (Å²) in [6.45, 7) is 5.36. The van der Waals surface area contributed by atoms with Gasteiger partial charge in [-0.2, -0.15) is 0 Å². The molecule has 2 heterocycles. The van der Waals surface area contributed by atoms with Gasteiger partial charge in [0.15, 0.2) is 0 Å². The zero-order valence-electron chi connectivity index (χ0n) is 10.8. The fourth-order valence-electron chi connectivity index (χ4n) is 2.67. The lowest BCUT2D eigenvalue weighted by molar-refractivity contribution is -0.129. The number of ether oxygens (including phenoxy) is 1. The Labute approximate surface area is 104 Å². The van der Waals surface area contributed by atoms with Gasteiger partial charge in [-0.05, 0) is 32.1 Å². The number of carbonyl (C=O) groups is 1. The topological polar surface area (TPSA) is 41.6 Å². The van der Waals surface area contributed by atoms with Crippen molar-refractivity contribution in [3.8, 4) is 0 Å². The van der Waals surface area contributed by atoms with Crippen LogP contribution in [0.4, 0.5) is 0 Å². The van der Waals surface area contributed by atoms with Crippen molar-refractivity contribution in [3.63, 3.8) is 0 Å². The molecule has 4 nitrogen and oxygen atoms in total. The van der Waals surface area contributed by atoms with Crippen LogP contribution in [0.25, 0.3) is 0 Å². The molecule has 1 N–H and O–H groups in total. The maximum absolute atomic E-state index is 11.2. The summed E-state index contributed by atoms with van der Waals surface area (Å²) in [5.74, 6) is 0.207. The molecule has 0 aromatic rings. The van der Waals surface area contributed by atoms with Crippen LogP contribution in [-0.4, -0.2) is 49.2 Å². The molecule has 2 aliphatic heterocycles. The molecule has 0 aromatic carbocycles. The highest BCUT2D eigenvalue weighted by molar-refractivity contribution is 5.73. The second kappa shape index (κ2) is 6.36. The van der Waals surface area contributed by atoms with Crippen LogP contribution in [0.3, 0.4) is 0 Å². The van der Waals surface area contributed by atoms with E-state index in [2.05, 4.69) is 5.32 Å². The summed E-state index contributed by atoms with van der Waals surface area (Å²) in [5, 5.41) is 3.59. The van der Waals surface area contributed by atoms with Gasteiger partial charge in [0.1, 0.15) is 0 Å². The molecule has 0 radical (unpaired) electrons. The highest BCUT2D eigenvalue weighted by atomic mass is 16.5. The number of nitrogens with zero attached hydrogens (tertiary/aromatic N) is 1. The van der Waals surface area contributed by atoms with Crippen LogP contribution in [0.2, 0.25) is 0 Å². The third kappa shape index (κ3) is 3.96. The first-order valence-electron chi connectivity index (χ1n) is 6.86. The Morgan fingerprint density at radius 3 is 2.65 bits per heavy atom. The largest absolute Gasteiger partial charge is 0.377 e. The smallest absolute Gasteiger partial charge is 0.219 e. The number of hydrogen-bond acceptors (Lipinski definition) is 3. The lowest BCUT2D eigenvalue weighted by Crippen LogP contribution is -2.46. The molecule has 0 bridgehead atoms. The van der Waals surface area contributed by atoms with E-state index in [4.69, 9.17) is 4.74 Å². The van der Waals surface area contributed by atoms with Crippen molar-refractivity contribution in [2.75, 3.05) is 26.2 Å². The van der Waals surface area contributed by atoms with Crippen LogP contribution in [0, 0.1) is 0 Å². The molecule has 1 amide bonds. The SMILES string of the molecule is CC(=O)N1CCC(NCC2CCCCO2)CC1. The summed E-state index contributed by atoms with van der Waals surface area (Å²) < 4.78 is 5.70. The normalized spacial score (nSPS) is 27.1. The number of hydrogen-bond donors (Lipinski definition) is 1. The highest BCUT2D eigenvalue weighted by Gasteiger charge is 2.21. The van der Waals surface area contributed by atoms with Gasteiger partial charge in [0.25, 0.3) is 0 Å². The van der Waals surface area contributed by atoms with Crippen molar-refractivity contribution in [1.29, 1.82) is 0 Å². The summed E-state index contributed by atoms with van der Waals surface area (Å²) in [6.07, 6.45) is 6.27. The minimum Gasteiger partial charge on any atom is -0.377 e. The Balaban J connectivity index is 1.62. The summed E-state index contributed by atoms with van der Waals surface area (Å²) >= 11 is 0. The maximum Gasteiger partial charge on any atom is 0.219 e. The first-order chi connectivity index (χ1) is 8.25. The Morgan fingerprint density at radius 2 is 2.06 bits per heavy atom. The van der Waals surface area contributed by atoms with Gasteiger partial charge in [-0.3, -0.25) is 4.79 Å². The van der Waals surface area contributed by atoms with E-state index in [9.17, 15) is 4.79 Å². The van der Waals surface area contributed by atoms with Crippen LogP contribution in [0.5, 0.6) is 0 Å². The highest BCUT2D eigenvalue weighted by Crippen LogP contribution is 2.14. The van der Waals surface area contributed by atoms with Crippen molar-refractivity contribution in [3.05, 3.63) is 0 Å². The molecule has 98 valence electrons. The van der Waals surface area contributed by atoms with Crippen molar-refractivity contribution in [2.24, 2.45) is 0 Å². The Bertz CT molecular complexity index is 244. The van der Waals surface area contributed by atoms with Crippen molar-refractivity contribution in [1.82, 2.24) is 10.2 Å². The predicted octanol–water partition coefficient (Wildman–Crippen LogP) is 1.16. The minimum absolute atomic E-state index is 0.207. The molecule has 2 fully saturated rings. The number of likely N-dealkylation sites (tertiary alicyclic amines) is 1. The van der Waals surface area contributed by atoms with E-state index in [0.29, 0.717) is 12.1 Å². The second-order valence-corrected chi connectivity index (χ2v) is 5.18. The van der Waals surface area contributed by atoms with E-state index in [1.165, 1.54) is 19.3 Å². The number of rotatable bonds is 3. The molecule has 1 atom stereocenters. The van der Waals surface area contributed by atoms with E-state index in [1.807, 2.05) is 4.90 Å². The van der Waals surface area contributed by atoms with Gasteiger partial charge >= 0.3 is 0 Å². The third-order valence-electron chi connectivity index (χ3n) is 3.85. The van der Waals surface area contributed by atoms with Gasteiger partial charge in [0, 0.05) is 39.2 Å². The molecule has 2 saturated heterocycles. The van der Waals surface area contributed by atoms with E-state index in [1.54, 1.807) is 6.92 Å². The standard InChI is InChI=1S/C13H24N2O2/c1-11(16)15-7-5-12(6-8-15)14-10-13-4-2-3-9-17-13/h12-14H,2-10H2,1H3. The summed E-state index contributed by atoms with van der Waals surface area (Å²) in [4.78, 5) is 13.1. The molecular weight excluding hydrogens is 216 g/mol. The summed E-state index contributed by atoms with van der Waals surface area (Å²) in [6, 6.07) is 0.566. The molecule has 4 heteroatoms. The van der Waals surface area contributed by atoms with Gasteiger partial charge < -0.3 is 15.0 Å². The van der Waals surface area contributed by atoms with E-state index < -0.39 is 0 Å². The minimum atomic E-state index is 0.207. The van der Waals surface area contributed by atoms with Crippen molar-refractivity contribution in [2.45, 2.75) is 51.2 Å². The van der Waals surface area contributed by atoms with E-state index in [-0.39, 0.29) is 5.91 Å². The quantitative estimate of drug-likeness (QED) is 0.805. The van der Waals surface area contributed by atoms with Crippen LogP contribution in [-0.2, 0) is 9.53 Å². The molecule has 0 spiro atoms. The summed E-state index contributed by atoms with van der Waals surface area (Å²) in [5.41, 5.74) is 0. The average Bonchev–Trinajstić information content (AvgIpc) is 2.38. The molecule has 1 unspecified atom stereocenters. The average molecular weight is 240 g/mol. The van der Waals surface area contributed by atoms with E-state index >= 15 is 0 Å².